The minimum atomic E-state index is -4.22. The number of nitrogens with two attached hydrogens (primary N) is 1. The molecule has 0 aliphatic carbocycles. The molecule has 1 aliphatic heterocycles. The van der Waals surface area contributed by atoms with Gasteiger partial charge in [-0.05, 0) is 54.2 Å². The molecule has 0 unspecified atom stereocenters. The van der Waals surface area contributed by atoms with E-state index < -0.39 is 40.4 Å². The summed E-state index contributed by atoms with van der Waals surface area (Å²) < 4.78 is 29.0. The maximum absolute atomic E-state index is 13.6. The minimum absolute atomic E-state index is 0.0687. The molecular formula is C30H35N5O6S. The van der Waals surface area contributed by atoms with Crippen molar-refractivity contribution in [2.45, 2.75) is 55.5 Å². The van der Waals surface area contributed by atoms with E-state index in [1.165, 1.54) is 12.1 Å². The van der Waals surface area contributed by atoms with E-state index in [0.29, 0.717) is 29.6 Å². The molecular weight excluding hydrogens is 558 g/mol. The minimum Gasteiger partial charge on any atom is -0.481 e. The standard InChI is InChI=1S/C30H35N5O6S/c31-28(32)22-10-8-20(9-11-22)18-26(30(39)35-16-4-1-5-17-35)33-29(38)25(14-15-27(36)37)34-42(40,41)24-13-12-21-6-2-3-7-23(21)19-24/h2-3,6-13,19,25-26,34H,1,4-5,14-18H2,(H3,31,32)(H,33,38)(H,36,37)/t25-,26+/m0/s1. The second-order valence-corrected chi connectivity index (χ2v) is 12.1. The summed E-state index contributed by atoms with van der Waals surface area (Å²) in [4.78, 5) is 40.1. The normalized spacial score (nSPS) is 15.1. The molecule has 1 aliphatic rings. The highest BCUT2D eigenvalue weighted by Gasteiger charge is 2.32. The molecule has 3 aromatic carbocycles. The van der Waals surface area contributed by atoms with E-state index in [-0.39, 0.29) is 29.5 Å². The van der Waals surface area contributed by atoms with Gasteiger partial charge in [0.15, 0.2) is 0 Å². The zero-order chi connectivity index (χ0) is 30.3. The van der Waals surface area contributed by atoms with Crippen molar-refractivity contribution in [3.63, 3.8) is 0 Å². The number of sulfonamides is 1. The van der Waals surface area contributed by atoms with Crippen molar-refractivity contribution in [1.29, 1.82) is 5.41 Å². The number of nitrogens with one attached hydrogen (secondary N) is 3. The second kappa shape index (κ2) is 13.6. The summed E-state index contributed by atoms with van der Waals surface area (Å²) >= 11 is 0. The second-order valence-electron chi connectivity index (χ2n) is 10.4. The Hall–Kier alpha value is -4.29. The summed E-state index contributed by atoms with van der Waals surface area (Å²) in [7, 11) is -4.22. The molecule has 1 fully saturated rings. The topological polar surface area (TPSA) is 183 Å². The van der Waals surface area contributed by atoms with E-state index in [9.17, 15) is 27.9 Å². The quantitative estimate of drug-likeness (QED) is 0.158. The Morgan fingerprint density at radius 3 is 2.24 bits per heavy atom. The maximum Gasteiger partial charge on any atom is 0.303 e. The molecule has 6 N–H and O–H groups in total. The molecule has 2 atom stereocenters. The number of carbonyl (C=O) groups excluding carboxylic acids is 2. The first kappa shape index (κ1) is 30.7. The Morgan fingerprint density at radius 1 is 0.929 bits per heavy atom. The molecule has 0 bridgehead atoms. The van der Waals surface area contributed by atoms with Crippen LogP contribution < -0.4 is 15.8 Å². The lowest BCUT2D eigenvalue weighted by molar-refractivity contribution is -0.139. The summed E-state index contributed by atoms with van der Waals surface area (Å²) in [5.41, 5.74) is 6.76. The molecule has 222 valence electrons. The number of hydrogen-bond donors (Lipinski definition) is 5. The van der Waals surface area contributed by atoms with Gasteiger partial charge in [0.2, 0.25) is 21.8 Å². The van der Waals surface area contributed by atoms with Gasteiger partial charge in [0.25, 0.3) is 0 Å². The highest BCUT2D eigenvalue weighted by atomic mass is 32.2. The van der Waals surface area contributed by atoms with Crippen LogP contribution in [0, 0.1) is 5.41 Å². The third-order valence-corrected chi connectivity index (χ3v) is 8.75. The summed E-state index contributed by atoms with van der Waals surface area (Å²) in [5, 5.41) is 21.1. The van der Waals surface area contributed by atoms with Crippen LogP contribution in [0.2, 0.25) is 0 Å². The van der Waals surface area contributed by atoms with Gasteiger partial charge in [0.1, 0.15) is 17.9 Å². The van der Waals surface area contributed by atoms with Crippen molar-refractivity contribution in [3.8, 4) is 0 Å². The van der Waals surface area contributed by atoms with E-state index >= 15 is 0 Å². The number of nitrogen functional groups attached to an aromatic ring is 1. The fourth-order valence-electron chi connectivity index (χ4n) is 4.96. The van der Waals surface area contributed by atoms with Crippen LogP contribution >= 0.6 is 0 Å². The number of likely N-dealkylation sites (tertiary alicyclic amines) is 1. The van der Waals surface area contributed by atoms with Gasteiger partial charge in [-0.25, -0.2) is 8.42 Å². The summed E-state index contributed by atoms with van der Waals surface area (Å²) in [5.74, 6) is -2.38. The van der Waals surface area contributed by atoms with E-state index in [1.807, 2.05) is 12.1 Å². The number of carboxylic acid groups (broad SMARTS) is 1. The lowest BCUT2D eigenvalue weighted by Crippen LogP contribution is -2.55. The molecule has 42 heavy (non-hydrogen) atoms. The Labute approximate surface area is 244 Å². The largest absolute Gasteiger partial charge is 0.481 e. The van der Waals surface area contributed by atoms with Crippen LogP contribution in [0.5, 0.6) is 0 Å². The number of amides is 2. The fourth-order valence-corrected chi connectivity index (χ4v) is 6.23. The summed E-state index contributed by atoms with van der Waals surface area (Å²) in [6.07, 6.45) is 2.02. The van der Waals surface area contributed by atoms with E-state index in [0.717, 1.165) is 24.6 Å². The molecule has 1 heterocycles. The number of carbonyl (C=O) groups is 3. The molecule has 2 amide bonds. The van der Waals surface area contributed by atoms with E-state index in [2.05, 4.69) is 10.0 Å². The maximum atomic E-state index is 13.6. The van der Waals surface area contributed by atoms with Gasteiger partial charge in [-0.3, -0.25) is 19.8 Å². The molecule has 0 spiro atoms. The molecule has 4 rings (SSSR count). The number of nitrogens with zero attached hydrogens (tertiary/aromatic N) is 1. The molecule has 1 saturated heterocycles. The van der Waals surface area contributed by atoms with Crippen LogP contribution in [0.25, 0.3) is 10.8 Å². The van der Waals surface area contributed by atoms with Crippen molar-refractivity contribution >= 4 is 44.4 Å². The smallest absolute Gasteiger partial charge is 0.303 e. The van der Waals surface area contributed by atoms with Crippen molar-refractivity contribution in [2.24, 2.45) is 5.73 Å². The third kappa shape index (κ3) is 7.92. The highest BCUT2D eigenvalue weighted by molar-refractivity contribution is 7.89. The van der Waals surface area contributed by atoms with Crippen LogP contribution in [0.4, 0.5) is 0 Å². The fraction of sp³-hybridized carbons (Fsp3) is 0.333. The van der Waals surface area contributed by atoms with Crippen molar-refractivity contribution < 1.29 is 27.9 Å². The van der Waals surface area contributed by atoms with Crippen LogP contribution in [0.1, 0.15) is 43.2 Å². The monoisotopic (exact) mass is 593 g/mol. The van der Waals surface area contributed by atoms with Gasteiger partial charge >= 0.3 is 5.97 Å². The Balaban J connectivity index is 1.58. The third-order valence-electron chi connectivity index (χ3n) is 7.28. The number of rotatable bonds is 12. The SMILES string of the molecule is N=C(N)c1ccc(C[C@@H](NC(=O)[C@H](CCC(=O)O)NS(=O)(=O)c2ccc3ccccc3c2)C(=O)N2CCCCC2)cc1. The molecule has 12 heteroatoms. The zero-order valence-electron chi connectivity index (χ0n) is 23.1. The molecule has 0 radical (unpaired) electrons. The number of benzene rings is 3. The van der Waals surface area contributed by atoms with E-state index in [1.54, 1.807) is 47.4 Å². The summed E-state index contributed by atoms with van der Waals surface area (Å²) in [6.45, 7) is 1.09. The number of hydrogen-bond acceptors (Lipinski definition) is 6. The average Bonchev–Trinajstić information content (AvgIpc) is 2.98. The molecule has 3 aromatic rings. The van der Waals surface area contributed by atoms with Gasteiger partial charge in [0.05, 0.1) is 4.90 Å². The number of carboxylic acids is 1. The van der Waals surface area contributed by atoms with Gasteiger partial charge in [-0.15, -0.1) is 0 Å². The molecule has 0 aromatic heterocycles. The number of amidine groups is 1. The van der Waals surface area contributed by atoms with Crippen LogP contribution in [0.15, 0.2) is 71.6 Å². The van der Waals surface area contributed by atoms with Crippen molar-refractivity contribution in [3.05, 3.63) is 77.9 Å². The van der Waals surface area contributed by atoms with Gasteiger partial charge in [-0.2, -0.15) is 4.72 Å². The lowest BCUT2D eigenvalue weighted by Gasteiger charge is -2.31. The Morgan fingerprint density at radius 2 is 1.60 bits per heavy atom. The molecule has 11 nitrogen and oxygen atoms in total. The highest BCUT2D eigenvalue weighted by Crippen LogP contribution is 2.20. The number of aliphatic carboxylic acids is 1. The lowest BCUT2D eigenvalue weighted by atomic mass is 10.0. The van der Waals surface area contributed by atoms with Gasteiger partial charge in [-0.1, -0.05) is 54.6 Å². The first-order valence-corrected chi connectivity index (χ1v) is 15.3. The Bertz CT molecular complexity index is 1570. The van der Waals surface area contributed by atoms with Crippen LogP contribution in [0.3, 0.4) is 0 Å². The first-order valence-electron chi connectivity index (χ1n) is 13.8. The predicted octanol–water partition coefficient (Wildman–Crippen LogP) is 2.38. The van der Waals surface area contributed by atoms with Crippen molar-refractivity contribution in [1.82, 2.24) is 14.9 Å². The van der Waals surface area contributed by atoms with Crippen LogP contribution in [-0.2, 0) is 30.8 Å². The molecule has 0 saturated carbocycles. The number of piperidine rings is 1. The zero-order valence-corrected chi connectivity index (χ0v) is 23.9. The van der Waals surface area contributed by atoms with Crippen molar-refractivity contribution in [2.75, 3.05) is 13.1 Å². The van der Waals surface area contributed by atoms with Gasteiger partial charge < -0.3 is 21.1 Å². The van der Waals surface area contributed by atoms with Crippen LogP contribution in [-0.4, -0.2) is 67.2 Å². The van der Waals surface area contributed by atoms with Gasteiger partial charge in [0, 0.05) is 31.5 Å². The number of fused-ring (bicyclic) bond motifs is 1. The Kier molecular flexibility index (Phi) is 9.92. The van der Waals surface area contributed by atoms with E-state index in [4.69, 9.17) is 11.1 Å². The average molecular weight is 594 g/mol. The predicted molar refractivity (Wildman–Crippen MR) is 158 cm³/mol. The first-order chi connectivity index (χ1) is 20.0. The summed E-state index contributed by atoms with van der Waals surface area (Å²) in [6, 6.07) is 16.0.